The largest absolute Gasteiger partial charge is 0.454 e. The molecule has 2 amide bonds. The van der Waals surface area contributed by atoms with Crippen LogP contribution in [0.2, 0.25) is 5.02 Å². The molecule has 0 fully saturated rings. The van der Waals surface area contributed by atoms with Crippen molar-refractivity contribution in [2.45, 2.75) is 13.8 Å². The predicted octanol–water partition coefficient (Wildman–Crippen LogP) is 3.71. The maximum atomic E-state index is 12.9. The van der Waals surface area contributed by atoms with Crippen molar-refractivity contribution in [2.75, 3.05) is 19.9 Å². The Hall–Kier alpha value is -2.99. The molecule has 0 aromatic heterocycles. The Morgan fingerprint density at radius 3 is 2.54 bits per heavy atom. The van der Waals surface area contributed by atoms with Crippen LogP contribution in [0.3, 0.4) is 0 Å². The summed E-state index contributed by atoms with van der Waals surface area (Å²) in [6.07, 6.45) is 1.62. The van der Waals surface area contributed by atoms with Crippen molar-refractivity contribution in [1.29, 1.82) is 0 Å². The number of amides is 2. The van der Waals surface area contributed by atoms with Gasteiger partial charge in [0.1, 0.15) is 5.70 Å². The van der Waals surface area contributed by atoms with Gasteiger partial charge >= 0.3 is 0 Å². The second kappa shape index (κ2) is 8.80. The molecule has 0 unspecified atom stereocenters. The van der Waals surface area contributed by atoms with E-state index < -0.39 is 5.91 Å². The highest BCUT2D eigenvalue weighted by Crippen LogP contribution is 2.33. The topological polar surface area (TPSA) is 67.9 Å². The molecule has 6 nitrogen and oxygen atoms in total. The number of nitrogens with zero attached hydrogens (tertiary/aromatic N) is 1. The highest BCUT2D eigenvalue weighted by Gasteiger charge is 2.21. The number of rotatable bonds is 6. The number of halogens is 1. The second-order valence-electron chi connectivity index (χ2n) is 6.08. The van der Waals surface area contributed by atoms with Crippen LogP contribution >= 0.6 is 11.6 Å². The molecule has 1 heterocycles. The van der Waals surface area contributed by atoms with Crippen LogP contribution in [-0.2, 0) is 4.79 Å². The fourth-order valence-corrected chi connectivity index (χ4v) is 3.06. The first kappa shape index (κ1) is 19.8. The Bertz CT molecular complexity index is 922. The van der Waals surface area contributed by atoms with Crippen molar-refractivity contribution in [3.63, 3.8) is 0 Å². The van der Waals surface area contributed by atoms with E-state index in [1.165, 1.54) is 0 Å². The van der Waals surface area contributed by atoms with Gasteiger partial charge in [-0.25, -0.2) is 0 Å². The lowest BCUT2D eigenvalue weighted by atomic mass is 10.1. The van der Waals surface area contributed by atoms with E-state index in [9.17, 15) is 9.59 Å². The van der Waals surface area contributed by atoms with Crippen LogP contribution < -0.4 is 14.8 Å². The Labute approximate surface area is 168 Å². The van der Waals surface area contributed by atoms with Gasteiger partial charge in [0.15, 0.2) is 11.5 Å². The molecule has 2 aromatic carbocycles. The molecule has 0 spiro atoms. The fourth-order valence-electron chi connectivity index (χ4n) is 2.84. The van der Waals surface area contributed by atoms with Crippen LogP contribution in [0.4, 0.5) is 0 Å². The van der Waals surface area contributed by atoms with Gasteiger partial charge in [0.05, 0.1) is 10.6 Å². The zero-order valence-electron chi connectivity index (χ0n) is 15.7. The number of nitrogens with one attached hydrogen (secondary N) is 1. The van der Waals surface area contributed by atoms with Gasteiger partial charge < -0.3 is 19.7 Å². The fraction of sp³-hybridized carbons (Fsp3) is 0.238. The number of carbonyl (C=O) groups excluding carboxylic acids is 2. The number of benzene rings is 2. The lowest BCUT2D eigenvalue weighted by Crippen LogP contribution is -2.38. The summed E-state index contributed by atoms with van der Waals surface area (Å²) in [6.45, 7) is 4.98. The number of hydrogen-bond donors (Lipinski definition) is 1. The number of hydrogen-bond acceptors (Lipinski definition) is 4. The monoisotopic (exact) mass is 400 g/mol. The van der Waals surface area contributed by atoms with Crippen molar-refractivity contribution in [3.8, 4) is 11.5 Å². The lowest BCUT2D eigenvalue weighted by molar-refractivity contribution is -0.127. The van der Waals surface area contributed by atoms with Crippen LogP contribution in [0.25, 0.3) is 6.08 Å². The smallest absolute Gasteiger partial charge is 0.270 e. The van der Waals surface area contributed by atoms with Crippen LogP contribution in [0.1, 0.15) is 29.8 Å². The predicted molar refractivity (Wildman–Crippen MR) is 107 cm³/mol. The van der Waals surface area contributed by atoms with E-state index in [4.69, 9.17) is 21.1 Å². The van der Waals surface area contributed by atoms with E-state index in [1.54, 1.807) is 53.4 Å². The lowest BCUT2D eigenvalue weighted by Gasteiger charge is -2.21. The van der Waals surface area contributed by atoms with Crippen molar-refractivity contribution in [1.82, 2.24) is 10.2 Å². The number of carbonyl (C=O) groups is 2. The van der Waals surface area contributed by atoms with Crippen molar-refractivity contribution in [2.24, 2.45) is 0 Å². The van der Waals surface area contributed by atoms with E-state index in [0.717, 1.165) is 0 Å². The van der Waals surface area contributed by atoms with Crippen LogP contribution in [0.15, 0.2) is 48.2 Å². The summed E-state index contributed by atoms with van der Waals surface area (Å²) in [6, 6.07) is 12.0. The van der Waals surface area contributed by atoms with Gasteiger partial charge in [0.25, 0.3) is 11.8 Å². The average molecular weight is 401 g/mol. The van der Waals surface area contributed by atoms with Gasteiger partial charge in [-0.05, 0) is 49.8 Å². The normalized spacial score (nSPS) is 12.6. The van der Waals surface area contributed by atoms with E-state index in [2.05, 4.69) is 5.32 Å². The first-order valence-electron chi connectivity index (χ1n) is 9.00. The summed E-state index contributed by atoms with van der Waals surface area (Å²) < 4.78 is 10.7. The Kier molecular flexibility index (Phi) is 6.21. The summed E-state index contributed by atoms with van der Waals surface area (Å²) in [5.74, 6) is 0.524. The molecule has 0 atom stereocenters. The van der Waals surface area contributed by atoms with Crippen LogP contribution in [-0.4, -0.2) is 36.6 Å². The quantitative estimate of drug-likeness (QED) is 0.750. The minimum absolute atomic E-state index is 0.160. The summed E-state index contributed by atoms with van der Waals surface area (Å²) in [5, 5.41) is 3.03. The van der Waals surface area contributed by atoms with Gasteiger partial charge in [-0.15, -0.1) is 0 Å². The highest BCUT2D eigenvalue weighted by molar-refractivity contribution is 6.34. The molecule has 2 aromatic rings. The molecule has 3 rings (SSSR count). The number of ether oxygens (including phenoxy) is 2. The molecule has 28 heavy (non-hydrogen) atoms. The van der Waals surface area contributed by atoms with E-state index in [1.807, 2.05) is 13.8 Å². The Morgan fingerprint density at radius 1 is 1.11 bits per heavy atom. The minimum atomic E-state index is -0.446. The summed E-state index contributed by atoms with van der Waals surface area (Å²) in [7, 11) is 0. The third-order valence-electron chi connectivity index (χ3n) is 4.36. The second-order valence-corrected chi connectivity index (χ2v) is 6.49. The van der Waals surface area contributed by atoms with Crippen molar-refractivity contribution in [3.05, 3.63) is 64.3 Å². The molecule has 0 saturated carbocycles. The van der Waals surface area contributed by atoms with Crippen LogP contribution in [0, 0.1) is 0 Å². The van der Waals surface area contributed by atoms with Gasteiger partial charge in [0, 0.05) is 13.1 Å². The van der Waals surface area contributed by atoms with Gasteiger partial charge in [-0.3, -0.25) is 9.59 Å². The van der Waals surface area contributed by atoms with Gasteiger partial charge in [0.2, 0.25) is 6.79 Å². The zero-order chi connectivity index (χ0) is 20.1. The molecule has 0 aliphatic carbocycles. The third kappa shape index (κ3) is 4.28. The van der Waals surface area contributed by atoms with Crippen LogP contribution in [0.5, 0.6) is 11.5 Å². The van der Waals surface area contributed by atoms with E-state index in [-0.39, 0.29) is 18.4 Å². The number of fused-ring (bicyclic) bond motifs is 1. The molecule has 1 N–H and O–H groups in total. The Morgan fingerprint density at radius 2 is 1.82 bits per heavy atom. The molecular weight excluding hydrogens is 380 g/mol. The molecule has 0 bridgehead atoms. The highest BCUT2D eigenvalue weighted by atomic mass is 35.5. The molecule has 0 radical (unpaired) electrons. The summed E-state index contributed by atoms with van der Waals surface area (Å²) >= 11 is 6.12. The summed E-state index contributed by atoms with van der Waals surface area (Å²) in [5.41, 5.74) is 1.17. The maximum Gasteiger partial charge on any atom is 0.270 e. The van der Waals surface area contributed by atoms with Gasteiger partial charge in [-0.2, -0.15) is 0 Å². The SMILES string of the molecule is CCN(CC)C(=O)/C(=C/c1ccc2c(c1)OCO2)NC(=O)c1ccccc1Cl. The first-order chi connectivity index (χ1) is 13.5. The van der Waals surface area contributed by atoms with E-state index >= 15 is 0 Å². The standard InChI is InChI=1S/C21H21ClN2O4/c1-3-24(4-2)21(26)17(23-20(25)15-7-5-6-8-16(15)22)11-14-9-10-18-19(12-14)28-13-27-18/h5-12H,3-4,13H2,1-2H3,(H,23,25)/b17-11-. The molecular formula is C21H21ClN2O4. The summed E-state index contributed by atoms with van der Waals surface area (Å²) in [4.78, 5) is 27.3. The van der Waals surface area contributed by atoms with Crippen molar-refractivity contribution < 1.29 is 19.1 Å². The first-order valence-corrected chi connectivity index (χ1v) is 9.37. The van der Waals surface area contributed by atoms with Gasteiger partial charge in [-0.1, -0.05) is 29.8 Å². The molecule has 0 saturated heterocycles. The molecule has 1 aliphatic rings. The van der Waals surface area contributed by atoms with Crippen molar-refractivity contribution >= 4 is 29.5 Å². The third-order valence-corrected chi connectivity index (χ3v) is 4.68. The molecule has 7 heteroatoms. The number of likely N-dealkylation sites (N-methyl/N-ethyl adjacent to an activating group) is 1. The minimum Gasteiger partial charge on any atom is -0.454 e. The molecule has 146 valence electrons. The molecule has 1 aliphatic heterocycles. The maximum absolute atomic E-state index is 12.9. The van der Waals surface area contributed by atoms with E-state index in [0.29, 0.717) is 40.7 Å². The average Bonchev–Trinajstić information content (AvgIpc) is 3.16. The Balaban J connectivity index is 1.94. The zero-order valence-corrected chi connectivity index (χ0v) is 16.5.